The highest BCUT2D eigenvalue weighted by atomic mass is 35.5. The molecule has 3 rings (SSSR count). The van der Waals surface area contributed by atoms with Crippen molar-refractivity contribution >= 4 is 23.5 Å². The first-order valence-electron chi connectivity index (χ1n) is 9.49. The van der Waals surface area contributed by atoms with Gasteiger partial charge in [0.1, 0.15) is 11.4 Å². The van der Waals surface area contributed by atoms with Crippen molar-refractivity contribution in [3.8, 4) is 17.0 Å². The van der Waals surface area contributed by atoms with Crippen LogP contribution in [0.4, 0.5) is 0 Å². The average Bonchev–Trinajstić information content (AvgIpc) is 2.69. The van der Waals surface area contributed by atoms with Gasteiger partial charge in [0.05, 0.1) is 41.2 Å². The van der Waals surface area contributed by atoms with E-state index in [0.29, 0.717) is 27.9 Å². The molecular formula is C21H24ClN3O4. The Morgan fingerprint density at radius 1 is 1.10 bits per heavy atom. The van der Waals surface area contributed by atoms with Gasteiger partial charge in [-0.3, -0.25) is 14.6 Å². The van der Waals surface area contributed by atoms with E-state index in [1.54, 1.807) is 19.1 Å². The fourth-order valence-electron chi connectivity index (χ4n) is 3.64. The van der Waals surface area contributed by atoms with Gasteiger partial charge in [-0.05, 0) is 57.7 Å². The van der Waals surface area contributed by atoms with E-state index in [1.807, 2.05) is 13.0 Å². The smallest absolute Gasteiger partial charge is 0.308 e. The summed E-state index contributed by atoms with van der Waals surface area (Å²) in [5.74, 6) is -0.259. The van der Waals surface area contributed by atoms with Crippen molar-refractivity contribution in [3.05, 3.63) is 40.3 Å². The summed E-state index contributed by atoms with van der Waals surface area (Å²) >= 11 is 6.45. The molecule has 0 aliphatic heterocycles. The van der Waals surface area contributed by atoms with Gasteiger partial charge in [-0.25, -0.2) is 4.98 Å². The molecule has 1 amide bonds. The van der Waals surface area contributed by atoms with E-state index in [4.69, 9.17) is 26.8 Å². The lowest BCUT2D eigenvalue weighted by Crippen LogP contribution is -2.28. The van der Waals surface area contributed by atoms with Crippen molar-refractivity contribution in [2.75, 3.05) is 7.11 Å². The van der Waals surface area contributed by atoms with Gasteiger partial charge in [-0.15, -0.1) is 0 Å². The Morgan fingerprint density at radius 3 is 2.38 bits per heavy atom. The molecule has 8 heteroatoms. The quantitative estimate of drug-likeness (QED) is 0.745. The van der Waals surface area contributed by atoms with E-state index in [0.717, 1.165) is 31.2 Å². The molecule has 1 aliphatic rings. The Kier molecular flexibility index (Phi) is 6.37. The lowest BCUT2D eigenvalue weighted by atomic mass is 9.87. The minimum Gasteiger partial charge on any atom is -0.489 e. The molecule has 2 aromatic rings. The van der Waals surface area contributed by atoms with Crippen LogP contribution in [0.5, 0.6) is 5.75 Å². The number of rotatable bonds is 5. The molecule has 0 saturated heterocycles. The van der Waals surface area contributed by atoms with Crippen molar-refractivity contribution in [1.29, 1.82) is 0 Å². The van der Waals surface area contributed by atoms with E-state index in [-0.39, 0.29) is 23.7 Å². The summed E-state index contributed by atoms with van der Waals surface area (Å²) in [7, 11) is 1.42. The number of halogens is 1. The second kappa shape index (κ2) is 8.78. The third kappa shape index (κ3) is 4.67. The number of hydrogen-bond acceptors (Lipinski definition) is 6. The van der Waals surface area contributed by atoms with Crippen LogP contribution in [-0.4, -0.2) is 35.1 Å². The first-order valence-corrected chi connectivity index (χ1v) is 9.87. The van der Waals surface area contributed by atoms with E-state index >= 15 is 0 Å². The van der Waals surface area contributed by atoms with Crippen LogP contribution in [0.3, 0.4) is 0 Å². The van der Waals surface area contributed by atoms with Gasteiger partial charge >= 0.3 is 5.97 Å². The molecular weight excluding hydrogens is 394 g/mol. The first-order chi connectivity index (χ1) is 13.8. The largest absolute Gasteiger partial charge is 0.489 e. The maximum atomic E-state index is 11.6. The van der Waals surface area contributed by atoms with Crippen molar-refractivity contribution in [2.45, 2.75) is 45.6 Å². The fourth-order valence-corrected chi connectivity index (χ4v) is 3.87. The van der Waals surface area contributed by atoms with Gasteiger partial charge in [0, 0.05) is 5.56 Å². The molecule has 2 N–H and O–H groups in total. The molecule has 7 nitrogen and oxygen atoms in total. The zero-order valence-electron chi connectivity index (χ0n) is 16.7. The average molecular weight is 418 g/mol. The molecule has 0 radical (unpaired) electrons. The summed E-state index contributed by atoms with van der Waals surface area (Å²) in [5.41, 5.74) is 7.98. The third-order valence-electron chi connectivity index (χ3n) is 5.19. The number of nitrogens with two attached hydrogens (primary N) is 1. The van der Waals surface area contributed by atoms with Crippen LogP contribution >= 0.6 is 11.6 Å². The SMILES string of the molecule is COC(=O)C1CCC(Oc2ccc(-c3nc(C(N)=O)c(C)nc3C)cc2Cl)CC1. The highest BCUT2D eigenvalue weighted by Gasteiger charge is 2.28. The molecule has 29 heavy (non-hydrogen) atoms. The molecule has 0 bridgehead atoms. The third-order valence-corrected chi connectivity index (χ3v) is 5.48. The minimum atomic E-state index is -0.621. The summed E-state index contributed by atoms with van der Waals surface area (Å²) in [6.45, 7) is 3.51. The predicted molar refractivity (Wildman–Crippen MR) is 109 cm³/mol. The van der Waals surface area contributed by atoms with Gasteiger partial charge in [0.25, 0.3) is 5.91 Å². The molecule has 1 fully saturated rings. The molecule has 1 aliphatic carbocycles. The molecule has 1 heterocycles. The second-order valence-corrected chi connectivity index (χ2v) is 7.62. The van der Waals surface area contributed by atoms with Gasteiger partial charge < -0.3 is 15.2 Å². The summed E-state index contributed by atoms with van der Waals surface area (Å²) in [6, 6.07) is 5.36. The summed E-state index contributed by atoms with van der Waals surface area (Å²) in [5, 5.41) is 0.444. The number of carbonyl (C=O) groups excluding carboxylic acids is 2. The minimum absolute atomic E-state index is 0.00150. The fraction of sp³-hybridized carbons (Fsp3) is 0.429. The van der Waals surface area contributed by atoms with Gasteiger partial charge in [0.15, 0.2) is 0 Å². The van der Waals surface area contributed by atoms with Gasteiger partial charge in [-0.2, -0.15) is 0 Å². The number of benzene rings is 1. The number of methoxy groups -OCH3 is 1. The topological polar surface area (TPSA) is 104 Å². The molecule has 0 atom stereocenters. The standard InChI is InChI=1S/C21H24ClN3O4/c1-11-18(25-19(20(23)26)12(2)24-11)14-6-9-17(16(22)10-14)29-15-7-4-13(5-8-15)21(27)28-3/h6,9-10,13,15H,4-5,7-8H2,1-3H3,(H2,23,26). The van der Waals surface area contributed by atoms with E-state index in [1.165, 1.54) is 7.11 Å². The van der Waals surface area contributed by atoms with Crippen LogP contribution in [0.25, 0.3) is 11.3 Å². The van der Waals surface area contributed by atoms with E-state index in [2.05, 4.69) is 9.97 Å². The number of amides is 1. The summed E-state index contributed by atoms with van der Waals surface area (Å²) < 4.78 is 10.9. The number of hydrogen-bond donors (Lipinski definition) is 1. The maximum Gasteiger partial charge on any atom is 0.308 e. The number of carbonyl (C=O) groups is 2. The lowest BCUT2D eigenvalue weighted by molar-refractivity contribution is -0.147. The predicted octanol–water partition coefficient (Wildman–Crippen LogP) is 3.62. The number of esters is 1. The van der Waals surface area contributed by atoms with Crippen molar-refractivity contribution < 1.29 is 19.1 Å². The van der Waals surface area contributed by atoms with Crippen LogP contribution in [-0.2, 0) is 9.53 Å². The molecule has 154 valence electrons. The molecule has 1 saturated carbocycles. The zero-order chi connectivity index (χ0) is 21.1. The Hall–Kier alpha value is -2.67. The van der Waals surface area contributed by atoms with Gasteiger partial charge in [0.2, 0.25) is 0 Å². The highest BCUT2D eigenvalue weighted by Crippen LogP contribution is 2.34. The number of primary amides is 1. The van der Waals surface area contributed by atoms with Crippen LogP contribution in [0, 0.1) is 19.8 Å². The summed E-state index contributed by atoms with van der Waals surface area (Å²) in [6.07, 6.45) is 3.01. The highest BCUT2D eigenvalue weighted by molar-refractivity contribution is 6.32. The van der Waals surface area contributed by atoms with Crippen LogP contribution in [0.15, 0.2) is 18.2 Å². The first kappa shape index (κ1) is 21.0. The molecule has 0 spiro atoms. The summed E-state index contributed by atoms with van der Waals surface area (Å²) in [4.78, 5) is 32.0. The molecule has 1 aromatic carbocycles. The molecule has 0 unspecified atom stereocenters. The van der Waals surface area contributed by atoms with Crippen molar-refractivity contribution in [2.24, 2.45) is 11.7 Å². The Morgan fingerprint density at radius 2 is 1.79 bits per heavy atom. The number of ether oxygens (including phenoxy) is 2. The Balaban J connectivity index is 1.76. The maximum absolute atomic E-state index is 11.6. The Labute approximate surface area is 174 Å². The van der Waals surface area contributed by atoms with E-state index < -0.39 is 5.91 Å². The van der Waals surface area contributed by atoms with Crippen LogP contribution < -0.4 is 10.5 Å². The second-order valence-electron chi connectivity index (χ2n) is 7.22. The monoisotopic (exact) mass is 417 g/mol. The number of nitrogens with zero attached hydrogens (tertiary/aromatic N) is 2. The van der Waals surface area contributed by atoms with E-state index in [9.17, 15) is 9.59 Å². The molecule has 1 aromatic heterocycles. The van der Waals surface area contributed by atoms with Crippen molar-refractivity contribution in [1.82, 2.24) is 9.97 Å². The van der Waals surface area contributed by atoms with Crippen LogP contribution in [0.2, 0.25) is 5.02 Å². The number of aromatic nitrogens is 2. The lowest BCUT2D eigenvalue weighted by Gasteiger charge is -2.27. The zero-order valence-corrected chi connectivity index (χ0v) is 17.5. The normalized spacial score (nSPS) is 18.9. The Bertz CT molecular complexity index is 940. The van der Waals surface area contributed by atoms with Gasteiger partial charge in [-0.1, -0.05) is 11.6 Å². The van der Waals surface area contributed by atoms with Crippen molar-refractivity contribution in [3.63, 3.8) is 0 Å². The van der Waals surface area contributed by atoms with Crippen LogP contribution in [0.1, 0.15) is 47.6 Å². The number of aryl methyl sites for hydroxylation is 2.